The molecule has 9 heteroatoms. The van der Waals surface area contributed by atoms with Crippen LogP contribution in [0.2, 0.25) is 0 Å². The molecule has 2 aromatic carbocycles. The molecular formula is C18H19FN4O3S. The summed E-state index contributed by atoms with van der Waals surface area (Å²) >= 11 is 0. The van der Waals surface area contributed by atoms with Crippen molar-refractivity contribution >= 4 is 21.4 Å². The van der Waals surface area contributed by atoms with Gasteiger partial charge in [0.2, 0.25) is 21.7 Å². The summed E-state index contributed by atoms with van der Waals surface area (Å²) in [5.41, 5.74) is 2.19. The number of rotatable bonds is 6. The SMILES string of the molecule is Cc1ccc(-c2noc(C(C)Nc3cccc(NS(C)(=O)=O)c3)n2)cc1F. The summed E-state index contributed by atoms with van der Waals surface area (Å²) in [6.07, 6.45) is 1.09. The van der Waals surface area contributed by atoms with Crippen LogP contribution in [-0.4, -0.2) is 24.8 Å². The second-order valence-corrected chi connectivity index (χ2v) is 7.99. The van der Waals surface area contributed by atoms with Gasteiger partial charge in [-0.25, -0.2) is 12.8 Å². The predicted octanol–water partition coefficient (Wildman–Crippen LogP) is 3.73. The molecule has 0 fully saturated rings. The smallest absolute Gasteiger partial charge is 0.249 e. The minimum Gasteiger partial charge on any atom is -0.374 e. The van der Waals surface area contributed by atoms with Gasteiger partial charge in [-0.05, 0) is 43.7 Å². The number of benzene rings is 2. The summed E-state index contributed by atoms with van der Waals surface area (Å²) in [5.74, 6) is 0.290. The Balaban J connectivity index is 1.75. The van der Waals surface area contributed by atoms with Gasteiger partial charge in [-0.15, -0.1) is 0 Å². The van der Waals surface area contributed by atoms with Crippen LogP contribution in [0, 0.1) is 12.7 Å². The van der Waals surface area contributed by atoms with Gasteiger partial charge in [0.25, 0.3) is 0 Å². The van der Waals surface area contributed by atoms with Crippen LogP contribution in [-0.2, 0) is 10.0 Å². The summed E-state index contributed by atoms with van der Waals surface area (Å²) in [4.78, 5) is 4.31. The van der Waals surface area contributed by atoms with E-state index in [4.69, 9.17) is 4.52 Å². The van der Waals surface area contributed by atoms with E-state index in [2.05, 4.69) is 20.2 Å². The molecule has 27 heavy (non-hydrogen) atoms. The Morgan fingerprint density at radius 1 is 1.15 bits per heavy atom. The third-order valence-corrected chi connectivity index (χ3v) is 4.40. The van der Waals surface area contributed by atoms with Crippen LogP contribution in [0.1, 0.15) is 24.4 Å². The number of sulfonamides is 1. The first-order chi connectivity index (χ1) is 12.7. The maximum atomic E-state index is 13.7. The van der Waals surface area contributed by atoms with E-state index < -0.39 is 10.0 Å². The molecule has 2 N–H and O–H groups in total. The third-order valence-electron chi connectivity index (χ3n) is 3.79. The topological polar surface area (TPSA) is 97.1 Å². The molecule has 0 bridgehead atoms. The summed E-state index contributed by atoms with van der Waals surface area (Å²) in [6, 6.07) is 11.2. The van der Waals surface area contributed by atoms with Crippen LogP contribution in [0.15, 0.2) is 47.0 Å². The Bertz CT molecular complexity index is 1070. The van der Waals surface area contributed by atoms with Gasteiger partial charge in [0, 0.05) is 11.3 Å². The fourth-order valence-electron chi connectivity index (χ4n) is 2.46. The van der Waals surface area contributed by atoms with Crippen LogP contribution in [0.4, 0.5) is 15.8 Å². The number of hydrogen-bond donors (Lipinski definition) is 2. The molecule has 0 aliphatic heterocycles. The lowest BCUT2D eigenvalue weighted by Gasteiger charge is -2.12. The van der Waals surface area contributed by atoms with Gasteiger partial charge in [0.05, 0.1) is 11.9 Å². The lowest BCUT2D eigenvalue weighted by Crippen LogP contribution is -2.10. The molecular weight excluding hydrogens is 371 g/mol. The molecule has 1 aromatic heterocycles. The number of aromatic nitrogens is 2. The molecule has 0 aliphatic carbocycles. The summed E-state index contributed by atoms with van der Waals surface area (Å²) < 4.78 is 44.1. The van der Waals surface area contributed by atoms with E-state index in [1.165, 1.54) is 6.07 Å². The van der Waals surface area contributed by atoms with Crippen molar-refractivity contribution in [3.05, 3.63) is 59.7 Å². The number of halogens is 1. The highest BCUT2D eigenvalue weighted by molar-refractivity contribution is 7.92. The zero-order valence-corrected chi connectivity index (χ0v) is 15.8. The number of hydrogen-bond acceptors (Lipinski definition) is 6. The molecule has 3 rings (SSSR count). The molecule has 0 aliphatic rings. The summed E-state index contributed by atoms with van der Waals surface area (Å²) in [5, 5.41) is 7.07. The van der Waals surface area contributed by atoms with Gasteiger partial charge < -0.3 is 9.84 Å². The van der Waals surface area contributed by atoms with Crippen molar-refractivity contribution in [2.45, 2.75) is 19.9 Å². The Labute approximate surface area is 156 Å². The summed E-state index contributed by atoms with van der Waals surface area (Å²) in [7, 11) is -3.36. The average molecular weight is 390 g/mol. The van der Waals surface area contributed by atoms with Crippen molar-refractivity contribution in [2.24, 2.45) is 0 Å². The highest BCUT2D eigenvalue weighted by Crippen LogP contribution is 2.24. The quantitative estimate of drug-likeness (QED) is 0.666. The Morgan fingerprint density at radius 3 is 2.59 bits per heavy atom. The lowest BCUT2D eigenvalue weighted by atomic mass is 10.1. The molecule has 1 atom stereocenters. The van der Waals surface area contributed by atoms with Crippen molar-refractivity contribution < 1.29 is 17.3 Å². The minimum atomic E-state index is -3.36. The van der Waals surface area contributed by atoms with Gasteiger partial charge in [0.1, 0.15) is 11.9 Å². The molecule has 3 aromatic rings. The Kier molecular flexibility index (Phi) is 5.13. The maximum absolute atomic E-state index is 13.7. The molecule has 0 amide bonds. The van der Waals surface area contributed by atoms with Gasteiger partial charge in [-0.3, -0.25) is 4.72 Å². The first kappa shape index (κ1) is 18.8. The zero-order valence-electron chi connectivity index (χ0n) is 15.0. The molecule has 0 saturated carbocycles. The van der Waals surface area contributed by atoms with E-state index in [-0.39, 0.29) is 11.9 Å². The third kappa shape index (κ3) is 4.82. The Morgan fingerprint density at radius 2 is 1.89 bits per heavy atom. The minimum absolute atomic E-state index is 0.296. The van der Waals surface area contributed by atoms with Crippen molar-refractivity contribution in [3.8, 4) is 11.4 Å². The fraction of sp³-hybridized carbons (Fsp3) is 0.222. The molecule has 1 heterocycles. The normalized spacial score (nSPS) is 12.6. The van der Waals surface area contributed by atoms with Crippen molar-refractivity contribution in [2.75, 3.05) is 16.3 Å². The van der Waals surface area contributed by atoms with E-state index >= 15 is 0 Å². The number of nitrogens with one attached hydrogen (secondary N) is 2. The van der Waals surface area contributed by atoms with Crippen LogP contribution >= 0.6 is 0 Å². The van der Waals surface area contributed by atoms with E-state index in [1.807, 2.05) is 6.92 Å². The van der Waals surface area contributed by atoms with E-state index in [9.17, 15) is 12.8 Å². The molecule has 142 valence electrons. The highest BCUT2D eigenvalue weighted by Gasteiger charge is 2.16. The molecule has 1 unspecified atom stereocenters. The number of nitrogens with zero attached hydrogens (tertiary/aromatic N) is 2. The van der Waals surface area contributed by atoms with Gasteiger partial charge in [0.15, 0.2) is 0 Å². The first-order valence-electron chi connectivity index (χ1n) is 8.16. The van der Waals surface area contributed by atoms with Crippen LogP contribution < -0.4 is 10.0 Å². The van der Waals surface area contributed by atoms with Crippen molar-refractivity contribution in [1.82, 2.24) is 10.1 Å². The summed E-state index contributed by atoms with van der Waals surface area (Å²) in [6.45, 7) is 3.50. The molecule has 7 nitrogen and oxygen atoms in total. The van der Waals surface area contributed by atoms with E-state index in [0.29, 0.717) is 34.2 Å². The van der Waals surface area contributed by atoms with Gasteiger partial charge in [-0.1, -0.05) is 23.4 Å². The largest absolute Gasteiger partial charge is 0.374 e. The monoisotopic (exact) mass is 390 g/mol. The first-order valence-corrected chi connectivity index (χ1v) is 10.0. The second kappa shape index (κ2) is 7.36. The van der Waals surface area contributed by atoms with Crippen molar-refractivity contribution in [3.63, 3.8) is 0 Å². The standard InChI is InChI=1S/C18H19FN4O3S/c1-11-7-8-13(9-16(11)19)17-21-18(26-22-17)12(2)20-14-5-4-6-15(10-14)23-27(3,24)25/h4-10,12,20,23H,1-3H3. The van der Waals surface area contributed by atoms with Crippen LogP contribution in [0.5, 0.6) is 0 Å². The lowest BCUT2D eigenvalue weighted by molar-refractivity contribution is 0.368. The average Bonchev–Trinajstić information content (AvgIpc) is 3.06. The molecule has 0 saturated heterocycles. The zero-order chi connectivity index (χ0) is 19.6. The maximum Gasteiger partial charge on any atom is 0.249 e. The molecule has 0 spiro atoms. The second-order valence-electron chi connectivity index (χ2n) is 6.24. The van der Waals surface area contributed by atoms with E-state index in [1.54, 1.807) is 43.3 Å². The predicted molar refractivity (Wildman–Crippen MR) is 101 cm³/mol. The number of aryl methyl sites for hydroxylation is 1. The highest BCUT2D eigenvalue weighted by atomic mass is 32.2. The van der Waals surface area contributed by atoms with Gasteiger partial charge in [-0.2, -0.15) is 4.98 Å². The Hall–Kier alpha value is -2.94. The van der Waals surface area contributed by atoms with Crippen LogP contribution in [0.3, 0.4) is 0 Å². The molecule has 0 radical (unpaired) electrons. The van der Waals surface area contributed by atoms with Crippen molar-refractivity contribution in [1.29, 1.82) is 0 Å². The number of anilines is 2. The van der Waals surface area contributed by atoms with Crippen LogP contribution in [0.25, 0.3) is 11.4 Å². The van der Waals surface area contributed by atoms with Gasteiger partial charge >= 0.3 is 0 Å². The van der Waals surface area contributed by atoms with E-state index in [0.717, 1.165) is 6.26 Å². The fourth-order valence-corrected chi connectivity index (χ4v) is 3.01.